The average Bonchev–Trinajstić information content (AvgIpc) is 3.51. The van der Waals surface area contributed by atoms with Crippen LogP contribution in [0.3, 0.4) is 0 Å². The van der Waals surface area contributed by atoms with Gasteiger partial charge in [-0.05, 0) is 25.1 Å². The average molecular weight is 513 g/mol. The number of benzene rings is 2. The fourth-order valence-electron chi connectivity index (χ4n) is 4.19. The van der Waals surface area contributed by atoms with E-state index in [0.717, 1.165) is 5.56 Å². The van der Waals surface area contributed by atoms with Gasteiger partial charge in [-0.3, -0.25) is 14.1 Å². The standard InChI is InChI=1S/C25H25FN4O5S/c1-15-14-36(32)10-7-30(15)25(31)17-5-3-16(4-6-17)20-12-23(35-29-20)24-18-11-19(26)22(34-9-8-33-2)13-21(18)27-28-24/h3-6,11-13,15H,7-10,14H2,1-2H3,(H,27,28). The number of fused-ring (bicyclic) bond motifs is 1. The van der Waals surface area contributed by atoms with Gasteiger partial charge in [-0.15, -0.1) is 0 Å². The van der Waals surface area contributed by atoms with Crippen molar-refractivity contribution < 1.29 is 27.4 Å². The van der Waals surface area contributed by atoms with Gasteiger partial charge in [0.05, 0.1) is 12.1 Å². The Bertz CT molecular complexity index is 1420. The Morgan fingerprint density at radius 1 is 1.25 bits per heavy atom. The largest absolute Gasteiger partial charge is 0.488 e. The van der Waals surface area contributed by atoms with Gasteiger partial charge < -0.3 is 18.9 Å². The van der Waals surface area contributed by atoms with Gasteiger partial charge in [-0.2, -0.15) is 5.10 Å². The number of halogens is 1. The molecular formula is C25H25FN4O5S. The van der Waals surface area contributed by atoms with Crippen LogP contribution >= 0.6 is 0 Å². The van der Waals surface area contributed by atoms with Crippen molar-refractivity contribution in [1.82, 2.24) is 20.3 Å². The highest BCUT2D eigenvalue weighted by atomic mass is 32.2. The molecule has 0 saturated carbocycles. The van der Waals surface area contributed by atoms with E-state index in [4.69, 9.17) is 14.0 Å². The second kappa shape index (κ2) is 10.2. The smallest absolute Gasteiger partial charge is 0.254 e. The van der Waals surface area contributed by atoms with Crippen molar-refractivity contribution in [3.8, 4) is 28.5 Å². The van der Waals surface area contributed by atoms with Gasteiger partial charge in [0, 0.05) is 70.6 Å². The molecule has 36 heavy (non-hydrogen) atoms. The van der Waals surface area contributed by atoms with Crippen LogP contribution in [0.2, 0.25) is 0 Å². The molecule has 2 unspecified atom stereocenters. The number of aromatic nitrogens is 3. The summed E-state index contributed by atoms with van der Waals surface area (Å²) in [7, 11) is 0.678. The monoisotopic (exact) mass is 512 g/mol. The van der Waals surface area contributed by atoms with Crippen molar-refractivity contribution >= 4 is 27.6 Å². The van der Waals surface area contributed by atoms with Crippen molar-refractivity contribution in [1.29, 1.82) is 0 Å². The molecule has 1 N–H and O–H groups in total. The molecule has 1 fully saturated rings. The summed E-state index contributed by atoms with van der Waals surface area (Å²) in [5.41, 5.74) is 2.89. The Labute approximate surface area is 209 Å². The molecule has 4 aromatic rings. The zero-order valence-electron chi connectivity index (χ0n) is 19.8. The van der Waals surface area contributed by atoms with Crippen LogP contribution in [0, 0.1) is 5.82 Å². The quantitative estimate of drug-likeness (QED) is 0.377. The number of nitrogens with zero attached hydrogens (tertiary/aromatic N) is 3. The number of methoxy groups -OCH3 is 1. The first-order chi connectivity index (χ1) is 17.4. The molecule has 1 amide bonds. The second-order valence-electron chi connectivity index (χ2n) is 8.55. The summed E-state index contributed by atoms with van der Waals surface area (Å²) in [5, 5.41) is 11.8. The van der Waals surface area contributed by atoms with Crippen LogP contribution in [0.15, 0.2) is 47.0 Å². The van der Waals surface area contributed by atoms with E-state index in [0.29, 0.717) is 58.3 Å². The predicted octanol–water partition coefficient (Wildman–Crippen LogP) is 3.64. The molecule has 0 bridgehead atoms. The molecule has 2 aromatic heterocycles. The lowest BCUT2D eigenvalue weighted by molar-refractivity contribution is 0.0714. The molecule has 1 saturated heterocycles. The van der Waals surface area contributed by atoms with Gasteiger partial charge in [-0.25, -0.2) is 4.39 Å². The summed E-state index contributed by atoms with van der Waals surface area (Å²) >= 11 is 0. The number of ether oxygens (including phenoxy) is 2. The SMILES string of the molecule is COCCOc1cc2[nH]nc(-c3cc(-c4ccc(C(=O)N5CCS(=O)CC5C)cc4)no3)c2cc1F. The number of rotatable bonds is 7. The molecule has 1 aliphatic rings. The Hall–Kier alpha value is -3.57. The maximum Gasteiger partial charge on any atom is 0.254 e. The van der Waals surface area contributed by atoms with Crippen LogP contribution in [0.25, 0.3) is 33.6 Å². The van der Waals surface area contributed by atoms with Gasteiger partial charge >= 0.3 is 0 Å². The number of nitrogens with one attached hydrogen (secondary N) is 1. The molecule has 0 aliphatic carbocycles. The minimum Gasteiger partial charge on any atom is -0.488 e. The summed E-state index contributed by atoms with van der Waals surface area (Å²) in [5.74, 6) is 0.884. The lowest BCUT2D eigenvalue weighted by Crippen LogP contribution is -2.48. The molecule has 5 rings (SSSR count). The minimum absolute atomic E-state index is 0.0635. The van der Waals surface area contributed by atoms with Gasteiger partial charge in [0.15, 0.2) is 17.3 Å². The molecular weight excluding hydrogens is 487 g/mol. The fourth-order valence-corrected chi connectivity index (χ4v) is 5.47. The highest BCUT2D eigenvalue weighted by Crippen LogP contribution is 2.33. The third-order valence-electron chi connectivity index (χ3n) is 6.11. The van der Waals surface area contributed by atoms with E-state index in [-0.39, 0.29) is 24.3 Å². The van der Waals surface area contributed by atoms with Crippen LogP contribution in [-0.4, -0.2) is 74.8 Å². The second-order valence-corrected chi connectivity index (χ2v) is 10.2. The number of hydrogen-bond donors (Lipinski definition) is 1. The van der Waals surface area contributed by atoms with Crippen LogP contribution in [-0.2, 0) is 15.5 Å². The normalized spacial score (nSPS) is 18.0. The number of amides is 1. The van der Waals surface area contributed by atoms with Gasteiger partial charge in [-0.1, -0.05) is 17.3 Å². The first-order valence-electron chi connectivity index (χ1n) is 11.5. The summed E-state index contributed by atoms with van der Waals surface area (Å²) in [6.45, 7) is 2.98. The summed E-state index contributed by atoms with van der Waals surface area (Å²) in [6.07, 6.45) is 0. The van der Waals surface area contributed by atoms with Gasteiger partial charge in [0.25, 0.3) is 5.91 Å². The third-order valence-corrected chi connectivity index (χ3v) is 7.60. The van der Waals surface area contributed by atoms with E-state index >= 15 is 0 Å². The summed E-state index contributed by atoms with van der Waals surface area (Å²) in [4.78, 5) is 14.7. The number of carbonyl (C=O) groups excluding carboxylic acids is 1. The van der Waals surface area contributed by atoms with E-state index in [9.17, 15) is 13.4 Å². The zero-order valence-corrected chi connectivity index (χ0v) is 20.6. The van der Waals surface area contributed by atoms with E-state index < -0.39 is 16.6 Å². The molecule has 2 atom stereocenters. The highest BCUT2D eigenvalue weighted by Gasteiger charge is 2.27. The van der Waals surface area contributed by atoms with E-state index in [2.05, 4.69) is 15.4 Å². The number of H-pyrrole nitrogens is 1. The maximum atomic E-state index is 14.6. The predicted molar refractivity (Wildman–Crippen MR) is 133 cm³/mol. The third kappa shape index (κ3) is 4.76. The highest BCUT2D eigenvalue weighted by molar-refractivity contribution is 7.85. The number of hydrogen-bond acceptors (Lipinski definition) is 7. The Morgan fingerprint density at radius 3 is 2.81 bits per heavy atom. The van der Waals surface area contributed by atoms with Crippen molar-refractivity contribution in [3.05, 3.63) is 53.8 Å². The van der Waals surface area contributed by atoms with E-state index in [1.807, 2.05) is 6.92 Å². The topological polar surface area (TPSA) is 111 Å². The molecule has 0 radical (unpaired) electrons. The molecule has 11 heteroatoms. The molecule has 1 aliphatic heterocycles. The molecule has 0 spiro atoms. The summed E-state index contributed by atoms with van der Waals surface area (Å²) < 4.78 is 42.2. The number of aromatic amines is 1. The number of carbonyl (C=O) groups is 1. The first-order valence-corrected chi connectivity index (χ1v) is 13.0. The first kappa shape index (κ1) is 24.1. The minimum atomic E-state index is -0.868. The fraction of sp³-hybridized carbons (Fsp3) is 0.320. The van der Waals surface area contributed by atoms with Crippen LogP contribution < -0.4 is 4.74 Å². The zero-order chi connectivity index (χ0) is 25.2. The Balaban J connectivity index is 1.34. The van der Waals surface area contributed by atoms with Gasteiger partial charge in [0.1, 0.15) is 18.0 Å². The van der Waals surface area contributed by atoms with Crippen molar-refractivity contribution in [2.75, 3.05) is 38.4 Å². The summed E-state index contributed by atoms with van der Waals surface area (Å²) in [6, 6.07) is 11.6. The van der Waals surface area contributed by atoms with E-state index in [1.54, 1.807) is 48.4 Å². The maximum absolute atomic E-state index is 14.6. The van der Waals surface area contributed by atoms with Gasteiger partial charge in [0.2, 0.25) is 0 Å². The lowest BCUT2D eigenvalue weighted by atomic mass is 10.1. The molecule has 188 valence electrons. The van der Waals surface area contributed by atoms with Crippen molar-refractivity contribution in [3.63, 3.8) is 0 Å². The molecule has 3 heterocycles. The Kier molecular flexibility index (Phi) is 6.84. The molecule has 2 aromatic carbocycles. The van der Waals surface area contributed by atoms with E-state index in [1.165, 1.54) is 6.07 Å². The lowest BCUT2D eigenvalue weighted by Gasteiger charge is -2.33. The van der Waals surface area contributed by atoms with Crippen LogP contribution in [0.4, 0.5) is 4.39 Å². The van der Waals surface area contributed by atoms with Crippen LogP contribution in [0.5, 0.6) is 5.75 Å². The molecule has 9 nitrogen and oxygen atoms in total. The Morgan fingerprint density at radius 2 is 2.06 bits per heavy atom. The van der Waals surface area contributed by atoms with Crippen LogP contribution in [0.1, 0.15) is 17.3 Å². The van der Waals surface area contributed by atoms with Crippen molar-refractivity contribution in [2.45, 2.75) is 13.0 Å². The van der Waals surface area contributed by atoms with Crippen molar-refractivity contribution in [2.24, 2.45) is 0 Å².